The van der Waals surface area contributed by atoms with Crippen molar-refractivity contribution in [3.63, 3.8) is 0 Å². The molecule has 2 aromatic carbocycles. The van der Waals surface area contributed by atoms with E-state index in [4.69, 9.17) is 4.74 Å². The summed E-state index contributed by atoms with van der Waals surface area (Å²) in [7, 11) is 0. The van der Waals surface area contributed by atoms with Crippen LogP contribution in [0.5, 0.6) is 5.75 Å². The van der Waals surface area contributed by atoms with Crippen LogP contribution in [-0.4, -0.2) is 34.4 Å². The van der Waals surface area contributed by atoms with Gasteiger partial charge in [0.1, 0.15) is 10.6 Å². The van der Waals surface area contributed by atoms with Crippen LogP contribution in [0.2, 0.25) is 0 Å². The number of halogens is 1. The number of likely N-dealkylation sites (N-methyl/N-ethyl adjacent to an activating group) is 1. The number of carbonyl (C=O) groups is 2. The van der Waals surface area contributed by atoms with Gasteiger partial charge in [-0.15, -0.1) is 11.3 Å². The lowest BCUT2D eigenvalue weighted by molar-refractivity contribution is -0.121. The molecule has 1 atom stereocenters. The van der Waals surface area contributed by atoms with Crippen LogP contribution >= 0.6 is 27.3 Å². The maximum Gasteiger partial charge on any atom is 0.265 e. The minimum Gasteiger partial charge on any atom is -0.482 e. The molecule has 3 heterocycles. The Bertz CT molecular complexity index is 1560. The Morgan fingerprint density at radius 2 is 1.92 bits per heavy atom. The van der Waals surface area contributed by atoms with Crippen LogP contribution in [-0.2, 0) is 11.2 Å². The zero-order chi connectivity index (χ0) is 25.6. The lowest BCUT2D eigenvalue weighted by atomic mass is 10.0. The molecule has 2 aromatic heterocycles. The molecule has 1 aliphatic rings. The summed E-state index contributed by atoms with van der Waals surface area (Å²) in [5.41, 5.74) is 2.53. The summed E-state index contributed by atoms with van der Waals surface area (Å²) in [5.74, 6) is 0.162. The van der Waals surface area contributed by atoms with E-state index in [0.717, 1.165) is 26.9 Å². The zero-order valence-corrected chi connectivity index (χ0v) is 22.5. The third kappa shape index (κ3) is 4.06. The van der Waals surface area contributed by atoms with Crippen molar-refractivity contribution >= 4 is 54.9 Å². The largest absolute Gasteiger partial charge is 0.482 e. The normalized spacial score (nSPS) is 14.0. The Morgan fingerprint density at radius 1 is 1.17 bits per heavy atom. The number of ketones is 1. The maximum absolute atomic E-state index is 13.8. The molecule has 0 radical (unpaired) electrons. The molecule has 0 fully saturated rings. The lowest BCUT2D eigenvalue weighted by Crippen LogP contribution is -2.38. The number of aryl methyl sites for hydroxylation is 1. The van der Waals surface area contributed by atoms with E-state index in [2.05, 4.69) is 27.8 Å². The second-order valence-electron chi connectivity index (χ2n) is 8.55. The van der Waals surface area contributed by atoms with Crippen molar-refractivity contribution in [1.82, 2.24) is 9.55 Å². The molecular formula is C27H24BrN3O4S. The second kappa shape index (κ2) is 9.63. The fraction of sp³-hybridized carbons (Fsp3) is 0.259. The van der Waals surface area contributed by atoms with Gasteiger partial charge in [-0.25, -0.2) is 4.98 Å². The van der Waals surface area contributed by atoms with Gasteiger partial charge in [0.2, 0.25) is 0 Å². The number of amides is 1. The Kier molecular flexibility index (Phi) is 6.53. The number of fused-ring (bicyclic) bond motifs is 2. The van der Waals surface area contributed by atoms with Crippen molar-refractivity contribution in [1.29, 1.82) is 0 Å². The highest BCUT2D eigenvalue weighted by molar-refractivity contribution is 9.10. The molecule has 1 unspecified atom stereocenters. The predicted molar refractivity (Wildman–Crippen MR) is 145 cm³/mol. The topological polar surface area (TPSA) is 81.5 Å². The monoisotopic (exact) mass is 565 g/mol. The van der Waals surface area contributed by atoms with Gasteiger partial charge < -0.3 is 9.64 Å². The van der Waals surface area contributed by atoms with Gasteiger partial charge in [0.05, 0.1) is 23.4 Å². The average molecular weight is 566 g/mol. The van der Waals surface area contributed by atoms with Crippen molar-refractivity contribution in [3.8, 4) is 16.9 Å². The number of hydrogen-bond acceptors (Lipinski definition) is 6. The molecule has 0 aliphatic carbocycles. The SMILES string of the molecule is CCc1sc2ncn(C(C)C(=O)c3ccc4c(c3)N(CC)C(=O)CO4)c(=O)c2c1-c1ccc(Br)cc1. The highest BCUT2D eigenvalue weighted by Crippen LogP contribution is 2.37. The number of aromatic nitrogens is 2. The third-order valence-corrected chi connectivity index (χ3v) is 8.23. The molecule has 5 rings (SSSR count). The number of anilines is 1. The van der Waals surface area contributed by atoms with Crippen molar-refractivity contribution < 1.29 is 14.3 Å². The summed E-state index contributed by atoms with van der Waals surface area (Å²) >= 11 is 4.98. The van der Waals surface area contributed by atoms with E-state index in [9.17, 15) is 14.4 Å². The van der Waals surface area contributed by atoms with Gasteiger partial charge in [-0.2, -0.15) is 0 Å². The molecule has 0 bridgehead atoms. The first-order chi connectivity index (χ1) is 17.3. The maximum atomic E-state index is 13.8. The molecule has 4 aromatic rings. The molecule has 184 valence electrons. The lowest BCUT2D eigenvalue weighted by Gasteiger charge is -2.28. The minimum atomic E-state index is -0.787. The van der Waals surface area contributed by atoms with Crippen LogP contribution in [0, 0.1) is 0 Å². The first-order valence-electron chi connectivity index (χ1n) is 11.7. The van der Waals surface area contributed by atoms with Crippen molar-refractivity contribution in [2.24, 2.45) is 0 Å². The van der Waals surface area contributed by atoms with E-state index in [0.29, 0.717) is 33.8 Å². The van der Waals surface area contributed by atoms with Crippen LogP contribution in [0.15, 0.2) is 58.1 Å². The van der Waals surface area contributed by atoms with Crippen LogP contribution in [0.1, 0.15) is 42.0 Å². The number of rotatable bonds is 6. The average Bonchev–Trinajstić information content (AvgIpc) is 3.28. The number of thiophene rings is 1. The molecule has 9 heteroatoms. The Morgan fingerprint density at radius 3 is 2.61 bits per heavy atom. The van der Waals surface area contributed by atoms with Gasteiger partial charge in [0.25, 0.3) is 11.5 Å². The Balaban J connectivity index is 1.58. The minimum absolute atomic E-state index is 0.0211. The summed E-state index contributed by atoms with van der Waals surface area (Å²) in [4.78, 5) is 47.4. The number of hydrogen-bond donors (Lipinski definition) is 0. The van der Waals surface area contributed by atoms with Crippen LogP contribution < -0.4 is 15.2 Å². The van der Waals surface area contributed by atoms with Crippen LogP contribution in [0.3, 0.4) is 0 Å². The van der Waals surface area contributed by atoms with E-state index >= 15 is 0 Å². The van der Waals surface area contributed by atoms with Gasteiger partial charge >= 0.3 is 0 Å². The number of carbonyl (C=O) groups excluding carboxylic acids is 2. The van der Waals surface area contributed by atoms with Crippen molar-refractivity contribution in [3.05, 3.63) is 74.1 Å². The van der Waals surface area contributed by atoms with E-state index in [-0.39, 0.29) is 23.9 Å². The Labute approximate surface area is 220 Å². The third-order valence-electron chi connectivity index (χ3n) is 6.46. The number of Topliss-reactive ketones (excluding diaryl/α,β-unsaturated/α-hetero) is 1. The van der Waals surface area contributed by atoms with E-state index in [1.54, 1.807) is 30.0 Å². The zero-order valence-electron chi connectivity index (χ0n) is 20.1. The highest BCUT2D eigenvalue weighted by atomic mass is 79.9. The number of ether oxygens (including phenoxy) is 1. The Hall–Kier alpha value is -3.30. The summed E-state index contributed by atoms with van der Waals surface area (Å²) in [5, 5.41) is 0.530. The van der Waals surface area contributed by atoms with E-state index < -0.39 is 6.04 Å². The quantitative estimate of drug-likeness (QED) is 0.282. The molecule has 0 spiro atoms. The number of benzene rings is 2. The highest BCUT2D eigenvalue weighted by Gasteiger charge is 2.28. The molecule has 0 N–H and O–H groups in total. The molecule has 1 aliphatic heterocycles. The van der Waals surface area contributed by atoms with Crippen LogP contribution in [0.4, 0.5) is 5.69 Å². The fourth-order valence-corrected chi connectivity index (χ4v) is 5.92. The van der Waals surface area contributed by atoms with Gasteiger partial charge in [-0.1, -0.05) is 35.0 Å². The first kappa shape index (κ1) is 24.4. The molecule has 1 amide bonds. The standard InChI is InChI=1S/C27H24BrN3O4S/c1-4-21-23(16-6-9-18(28)10-7-16)24-26(36-21)29-14-31(27(24)34)15(3)25(33)17-8-11-20-19(12-17)30(5-2)22(32)13-35-20/h6-12,14-15H,4-5,13H2,1-3H3. The van der Waals surface area contributed by atoms with Crippen LogP contribution in [0.25, 0.3) is 21.3 Å². The van der Waals surface area contributed by atoms with Gasteiger partial charge in [0, 0.05) is 27.0 Å². The molecular weight excluding hydrogens is 542 g/mol. The van der Waals surface area contributed by atoms with E-state index in [1.165, 1.54) is 22.2 Å². The summed E-state index contributed by atoms with van der Waals surface area (Å²) in [6.45, 7) is 6.08. The molecule has 0 saturated carbocycles. The summed E-state index contributed by atoms with van der Waals surface area (Å²) in [6.07, 6.45) is 2.22. The van der Waals surface area contributed by atoms with Gasteiger partial charge in [0.15, 0.2) is 12.4 Å². The van der Waals surface area contributed by atoms with E-state index in [1.807, 2.05) is 31.2 Å². The first-order valence-corrected chi connectivity index (χ1v) is 13.3. The van der Waals surface area contributed by atoms with Gasteiger partial charge in [-0.05, 0) is 56.2 Å². The van der Waals surface area contributed by atoms with Crippen molar-refractivity contribution in [2.45, 2.75) is 33.2 Å². The second-order valence-corrected chi connectivity index (χ2v) is 10.5. The van der Waals surface area contributed by atoms with Crippen molar-refractivity contribution in [2.75, 3.05) is 18.1 Å². The molecule has 7 nitrogen and oxygen atoms in total. The fourth-order valence-electron chi connectivity index (χ4n) is 4.57. The predicted octanol–water partition coefficient (Wildman–Crippen LogP) is 5.64. The van der Waals surface area contributed by atoms with Gasteiger partial charge in [-0.3, -0.25) is 19.0 Å². The number of nitrogens with zero attached hydrogens (tertiary/aromatic N) is 3. The molecule has 36 heavy (non-hydrogen) atoms. The smallest absolute Gasteiger partial charge is 0.265 e. The summed E-state index contributed by atoms with van der Waals surface area (Å²) in [6, 6.07) is 12.1. The molecule has 0 saturated heterocycles. The summed E-state index contributed by atoms with van der Waals surface area (Å²) < 4.78 is 7.88.